The van der Waals surface area contributed by atoms with Gasteiger partial charge in [0, 0.05) is 10.6 Å². The average Bonchev–Trinajstić information content (AvgIpc) is 2.08. The first-order chi connectivity index (χ1) is 6.15. The second-order valence-corrected chi connectivity index (χ2v) is 4.51. The lowest BCUT2D eigenvalue weighted by Gasteiger charge is -2.14. The maximum atomic E-state index is 3.13. The molecule has 1 aromatic carbocycles. The van der Waals surface area contributed by atoms with E-state index in [0.29, 0.717) is 5.92 Å². The third kappa shape index (κ3) is 2.84. The monoisotopic (exact) mass is 290 g/mol. The molecule has 0 saturated carbocycles. The fraction of sp³-hybridized carbons (Fsp3) is 0.400. The molecule has 0 saturated heterocycles. The molecular formula is C10H15IN2. The minimum absolute atomic E-state index is 0.547. The van der Waals surface area contributed by atoms with Crippen LogP contribution in [0.2, 0.25) is 0 Å². The van der Waals surface area contributed by atoms with Gasteiger partial charge in [-0.15, -0.1) is 0 Å². The van der Waals surface area contributed by atoms with Crippen molar-refractivity contribution in [1.82, 2.24) is 5.43 Å². The molecule has 2 N–H and O–H groups in total. The van der Waals surface area contributed by atoms with Crippen LogP contribution < -0.4 is 10.9 Å². The Labute approximate surface area is 93.2 Å². The summed E-state index contributed by atoms with van der Waals surface area (Å²) in [5.41, 5.74) is 8.59. The van der Waals surface area contributed by atoms with Crippen LogP contribution in [-0.2, 0) is 0 Å². The molecule has 0 fully saturated rings. The zero-order chi connectivity index (χ0) is 9.84. The minimum Gasteiger partial charge on any atom is -0.321 e. The first-order valence-corrected chi connectivity index (χ1v) is 5.45. The molecule has 0 bridgehead atoms. The summed E-state index contributed by atoms with van der Waals surface area (Å²) >= 11 is 2.34. The Kier molecular flexibility index (Phi) is 3.99. The van der Waals surface area contributed by atoms with Crippen LogP contribution in [-0.4, -0.2) is 7.05 Å². The number of hydrogen-bond acceptors (Lipinski definition) is 2. The second kappa shape index (κ2) is 4.81. The molecule has 0 unspecified atom stereocenters. The fourth-order valence-corrected chi connectivity index (χ4v) is 1.78. The SMILES string of the molecule is CNNc1ccc(I)cc1C(C)C. The number of nitrogens with one attached hydrogen (secondary N) is 2. The van der Waals surface area contributed by atoms with Gasteiger partial charge in [0.2, 0.25) is 0 Å². The highest BCUT2D eigenvalue weighted by molar-refractivity contribution is 14.1. The number of benzene rings is 1. The molecular weight excluding hydrogens is 275 g/mol. The van der Waals surface area contributed by atoms with E-state index in [4.69, 9.17) is 0 Å². The van der Waals surface area contributed by atoms with Crippen LogP contribution in [0.5, 0.6) is 0 Å². The molecule has 0 aromatic heterocycles. The molecule has 3 heteroatoms. The third-order valence-electron chi connectivity index (χ3n) is 1.90. The first kappa shape index (κ1) is 10.8. The van der Waals surface area contributed by atoms with E-state index in [0.717, 1.165) is 5.69 Å². The predicted octanol–water partition coefficient (Wildman–Crippen LogP) is 2.96. The van der Waals surface area contributed by atoms with Gasteiger partial charge in [0.25, 0.3) is 0 Å². The largest absolute Gasteiger partial charge is 0.321 e. The maximum absolute atomic E-state index is 3.13. The first-order valence-electron chi connectivity index (χ1n) is 4.37. The Hall–Kier alpha value is -0.290. The van der Waals surface area contributed by atoms with Gasteiger partial charge in [0.1, 0.15) is 0 Å². The zero-order valence-corrected chi connectivity index (χ0v) is 10.3. The lowest BCUT2D eigenvalue weighted by atomic mass is 10.0. The maximum Gasteiger partial charge on any atom is 0.0522 e. The van der Waals surface area contributed by atoms with Gasteiger partial charge < -0.3 is 5.43 Å². The van der Waals surface area contributed by atoms with Crippen molar-refractivity contribution in [2.24, 2.45) is 0 Å². The number of hydrazine groups is 1. The van der Waals surface area contributed by atoms with E-state index in [9.17, 15) is 0 Å². The number of hydrogen-bond donors (Lipinski definition) is 2. The molecule has 0 spiro atoms. The second-order valence-electron chi connectivity index (χ2n) is 3.26. The van der Waals surface area contributed by atoms with Crippen LogP contribution in [0.3, 0.4) is 0 Å². The number of halogens is 1. The number of anilines is 1. The van der Waals surface area contributed by atoms with Crippen LogP contribution in [0.1, 0.15) is 25.3 Å². The van der Waals surface area contributed by atoms with Crippen molar-refractivity contribution in [1.29, 1.82) is 0 Å². The van der Waals surface area contributed by atoms with Crippen LogP contribution in [0, 0.1) is 3.57 Å². The van der Waals surface area contributed by atoms with E-state index >= 15 is 0 Å². The summed E-state index contributed by atoms with van der Waals surface area (Å²) in [5.74, 6) is 0.547. The highest BCUT2D eigenvalue weighted by atomic mass is 127. The van der Waals surface area contributed by atoms with E-state index in [2.05, 4.69) is 65.5 Å². The Morgan fingerprint density at radius 1 is 1.31 bits per heavy atom. The van der Waals surface area contributed by atoms with Crippen LogP contribution in [0.4, 0.5) is 5.69 Å². The fourth-order valence-electron chi connectivity index (χ4n) is 1.26. The molecule has 0 atom stereocenters. The summed E-state index contributed by atoms with van der Waals surface area (Å²) in [7, 11) is 1.88. The Bertz CT molecular complexity index is 284. The molecule has 0 radical (unpaired) electrons. The molecule has 13 heavy (non-hydrogen) atoms. The topological polar surface area (TPSA) is 24.1 Å². The quantitative estimate of drug-likeness (QED) is 0.660. The Balaban J connectivity index is 3.03. The molecule has 0 heterocycles. The van der Waals surface area contributed by atoms with Gasteiger partial charge in [-0.3, -0.25) is 0 Å². The smallest absolute Gasteiger partial charge is 0.0522 e. The van der Waals surface area contributed by atoms with E-state index in [1.54, 1.807) is 0 Å². The predicted molar refractivity (Wildman–Crippen MR) is 65.9 cm³/mol. The summed E-state index contributed by atoms with van der Waals surface area (Å²) in [6, 6.07) is 6.42. The highest BCUT2D eigenvalue weighted by Crippen LogP contribution is 2.25. The Morgan fingerprint density at radius 3 is 2.54 bits per heavy atom. The van der Waals surface area contributed by atoms with Crippen molar-refractivity contribution in [3.63, 3.8) is 0 Å². The molecule has 0 aliphatic carbocycles. The minimum atomic E-state index is 0.547. The van der Waals surface area contributed by atoms with Crippen molar-refractivity contribution in [2.45, 2.75) is 19.8 Å². The van der Waals surface area contributed by atoms with Crippen molar-refractivity contribution < 1.29 is 0 Å². The summed E-state index contributed by atoms with van der Waals surface area (Å²) in [6.07, 6.45) is 0. The van der Waals surface area contributed by atoms with Gasteiger partial charge in [-0.2, -0.15) is 0 Å². The number of rotatable bonds is 3. The van der Waals surface area contributed by atoms with Gasteiger partial charge in [-0.25, -0.2) is 5.43 Å². The Morgan fingerprint density at radius 2 is 2.00 bits per heavy atom. The molecule has 0 aliphatic rings. The molecule has 2 nitrogen and oxygen atoms in total. The third-order valence-corrected chi connectivity index (χ3v) is 2.57. The van der Waals surface area contributed by atoms with Gasteiger partial charge in [-0.05, 0) is 52.3 Å². The van der Waals surface area contributed by atoms with Gasteiger partial charge in [0.15, 0.2) is 0 Å². The normalized spacial score (nSPS) is 10.5. The molecule has 0 aliphatic heterocycles. The lowest BCUT2D eigenvalue weighted by Crippen LogP contribution is -2.16. The van der Waals surface area contributed by atoms with Crippen molar-refractivity contribution in [2.75, 3.05) is 12.5 Å². The standard InChI is InChI=1S/C10H15IN2/c1-7(2)9-6-8(11)4-5-10(9)13-12-3/h4-7,12-13H,1-3H3. The van der Waals surface area contributed by atoms with E-state index in [1.807, 2.05) is 7.05 Å². The zero-order valence-electron chi connectivity index (χ0n) is 8.19. The van der Waals surface area contributed by atoms with Crippen molar-refractivity contribution >= 4 is 28.3 Å². The summed E-state index contributed by atoms with van der Waals surface area (Å²) in [5, 5.41) is 0. The van der Waals surface area contributed by atoms with Gasteiger partial charge >= 0.3 is 0 Å². The highest BCUT2D eigenvalue weighted by Gasteiger charge is 2.05. The summed E-state index contributed by atoms with van der Waals surface area (Å²) in [4.78, 5) is 0. The van der Waals surface area contributed by atoms with Crippen molar-refractivity contribution in [3.8, 4) is 0 Å². The van der Waals surface area contributed by atoms with Gasteiger partial charge in [0.05, 0.1) is 5.69 Å². The van der Waals surface area contributed by atoms with Crippen LogP contribution >= 0.6 is 22.6 Å². The average molecular weight is 290 g/mol. The van der Waals surface area contributed by atoms with E-state index in [-0.39, 0.29) is 0 Å². The van der Waals surface area contributed by atoms with Crippen molar-refractivity contribution in [3.05, 3.63) is 27.3 Å². The molecule has 1 aromatic rings. The van der Waals surface area contributed by atoms with Crippen LogP contribution in [0.25, 0.3) is 0 Å². The van der Waals surface area contributed by atoms with Crippen LogP contribution in [0.15, 0.2) is 18.2 Å². The molecule has 72 valence electrons. The molecule has 0 amide bonds. The lowest BCUT2D eigenvalue weighted by molar-refractivity contribution is 0.856. The van der Waals surface area contributed by atoms with Gasteiger partial charge in [-0.1, -0.05) is 13.8 Å². The summed E-state index contributed by atoms with van der Waals surface area (Å²) < 4.78 is 1.28. The molecule has 1 rings (SSSR count). The van der Waals surface area contributed by atoms with E-state index < -0.39 is 0 Å². The summed E-state index contributed by atoms with van der Waals surface area (Å²) in [6.45, 7) is 4.40. The van der Waals surface area contributed by atoms with E-state index in [1.165, 1.54) is 9.13 Å².